The Kier molecular flexibility index (Phi) is 3.55. The number of nitrogens with zero attached hydrogens (tertiary/aromatic N) is 2. The Hall–Kier alpha value is -1.72. The summed E-state index contributed by atoms with van der Waals surface area (Å²) in [5, 5.41) is 7.00. The van der Waals surface area contributed by atoms with Gasteiger partial charge in [-0.15, -0.1) is 11.3 Å². The zero-order valence-electron chi connectivity index (χ0n) is 12.3. The number of nitrogens with one attached hydrogen (secondary N) is 1. The topological polar surface area (TPSA) is 28.2 Å². The van der Waals surface area contributed by atoms with Gasteiger partial charge in [0.2, 0.25) is 0 Å². The van der Waals surface area contributed by atoms with Crippen molar-refractivity contribution in [3.05, 3.63) is 47.5 Å². The van der Waals surface area contributed by atoms with Crippen LogP contribution in [0, 0.1) is 0 Å². The highest BCUT2D eigenvalue weighted by Crippen LogP contribution is 2.31. The molecular formula is C16H17N3S2. The van der Waals surface area contributed by atoms with Crippen molar-refractivity contribution >= 4 is 33.8 Å². The van der Waals surface area contributed by atoms with Gasteiger partial charge >= 0.3 is 0 Å². The highest BCUT2D eigenvalue weighted by molar-refractivity contribution is 7.80. The molecule has 0 saturated heterocycles. The molecule has 0 amide bonds. The van der Waals surface area contributed by atoms with Crippen molar-refractivity contribution in [2.75, 3.05) is 4.90 Å². The van der Waals surface area contributed by atoms with Crippen LogP contribution in [0.4, 0.5) is 5.13 Å². The Morgan fingerprint density at radius 1 is 1.24 bits per heavy atom. The molecule has 2 aromatic rings. The van der Waals surface area contributed by atoms with E-state index in [1.54, 1.807) is 11.3 Å². The summed E-state index contributed by atoms with van der Waals surface area (Å²) < 4.78 is 0. The van der Waals surface area contributed by atoms with E-state index in [4.69, 9.17) is 17.2 Å². The highest BCUT2D eigenvalue weighted by Gasteiger charge is 2.29. The lowest BCUT2D eigenvalue weighted by Crippen LogP contribution is -2.53. The first-order valence-corrected chi connectivity index (χ1v) is 8.08. The monoisotopic (exact) mass is 315 g/mol. The van der Waals surface area contributed by atoms with Gasteiger partial charge in [-0.05, 0) is 39.1 Å². The van der Waals surface area contributed by atoms with E-state index in [9.17, 15) is 0 Å². The first kappa shape index (κ1) is 14.2. The smallest absolute Gasteiger partial charge is 0.196 e. The molecule has 2 heterocycles. The molecule has 0 unspecified atom stereocenters. The minimum atomic E-state index is -0.114. The van der Waals surface area contributed by atoms with Gasteiger partial charge in [0, 0.05) is 16.6 Å². The maximum Gasteiger partial charge on any atom is 0.196 e. The van der Waals surface area contributed by atoms with Gasteiger partial charge in [0.15, 0.2) is 10.2 Å². The Labute approximate surface area is 134 Å². The van der Waals surface area contributed by atoms with E-state index in [0.717, 1.165) is 22.1 Å². The number of thiocarbonyl (C=S) groups is 1. The molecule has 0 atom stereocenters. The van der Waals surface area contributed by atoms with Crippen LogP contribution in [-0.2, 0) is 0 Å². The fourth-order valence-corrected chi connectivity index (χ4v) is 3.91. The molecule has 3 rings (SSSR count). The van der Waals surface area contributed by atoms with Gasteiger partial charge in [-0.25, -0.2) is 4.98 Å². The molecule has 108 valence electrons. The van der Waals surface area contributed by atoms with Crippen molar-refractivity contribution in [3.8, 4) is 11.3 Å². The Balaban J connectivity index is 1.95. The Morgan fingerprint density at radius 3 is 2.62 bits per heavy atom. The lowest BCUT2D eigenvalue weighted by molar-refractivity contribution is 0.560. The third kappa shape index (κ3) is 2.84. The van der Waals surface area contributed by atoms with Gasteiger partial charge in [0.25, 0.3) is 0 Å². The molecule has 1 aromatic heterocycles. The van der Waals surface area contributed by atoms with Crippen LogP contribution in [-0.4, -0.2) is 15.6 Å². The molecule has 21 heavy (non-hydrogen) atoms. The van der Waals surface area contributed by atoms with Gasteiger partial charge in [0.05, 0.1) is 11.2 Å². The summed E-state index contributed by atoms with van der Waals surface area (Å²) in [5.41, 5.74) is 3.10. The number of benzene rings is 1. The highest BCUT2D eigenvalue weighted by atomic mass is 32.1. The van der Waals surface area contributed by atoms with E-state index in [0.29, 0.717) is 5.11 Å². The molecule has 1 aromatic carbocycles. The van der Waals surface area contributed by atoms with Gasteiger partial charge in [-0.2, -0.15) is 0 Å². The number of thiazole rings is 1. The summed E-state index contributed by atoms with van der Waals surface area (Å²) >= 11 is 7.11. The molecule has 0 bridgehead atoms. The summed E-state index contributed by atoms with van der Waals surface area (Å²) in [5.74, 6) is 0. The van der Waals surface area contributed by atoms with Gasteiger partial charge in [-0.1, -0.05) is 30.3 Å². The lowest BCUT2D eigenvalue weighted by Gasteiger charge is -2.36. The van der Waals surface area contributed by atoms with Crippen molar-refractivity contribution in [3.63, 3.8) is 0 Å². The minimum absolute atomic E-state index is 0.114. The van der Waals surface area contributed by atoms with Crippen molar-refractivity contribution in [2.45, 2.75) is 26.3 Å². The molecule has 0 spiro atoms. The zero-order valence-corrected chi connectivity index (χ0v) is 13.9. The van der Waals surface area contributed by atoms with Crippen LogP contribution in [0.5, 0.6) is 0 Å². The van der Waals surface area contributed by atoms with E-state index in [1.165, 1.54) is 0 Å². The third-order valence-corrected chi connectivity index (χ3v) is 4.42. The quantitative estimate of drug-likeness (QED) is 0.841. The second-order valence-electron chi connectivity index (χ2n) is 5.65. The summed E-state index contributed by atoms with van der Waals surface area (Å²) in [6.07, 6.45) is 2.17. The zero-order chi connectivity index (χ0) is 15.0. The van der Waals surface area contributed by atoms with Crippen LogP contribution in [0.2, 0.25) is 0 Å². The van der Waals surface area contributed by atoms with E-state index in [-0.39, 0.29) is 5.54 Å². The van der Waals surface area contributed by atoms with Crippen LogP contribution < -0.4 is 10.2 Å². The van der Waals surface area contributed by atoms with Crippen LogP contribution in [0.1, 0.15) is 20.8 Å². The second kappa shape index (κ2) is 5.24. The first-order chi connectivity index (χ1) is 9.96. The molecule has 0 saturated carbocycles. The van der Waals surface area contributed by atoms with Crippen LogP contribution in [0.25, 0.3) is 11.3 Å². The molecule has 3 nitrogen and oxygen atoms in total. The molecule has 1 aliphatic rings. The van der Waals surface area contributed by atoms with E-state index in [1.807, 2.05) is 23.1 Å². The first-order valence-electron chi connectivity index (χ1n) is 6.79. The molecular weight excluding hydrogens is 298 g/mol. The van der Waals surface area contributed by atoms with E-state index < -0.39 is 0 Å². The summed E-state index contributed by atoms with van der Waals surface area (Å²) in [6, 6.07) is 10.2. The number of aromatic nitrogens is 1. The SMILES string of the molecule is CC1=CC(C)(C)NC(=S)N1c1nc(-c2ccccc2)cs1. The molecule has 0 radical (unpaired) electrons. The number of anilines is 1. The average molecular weight is 315 g/mol. The van der Waals surface area contributed by atoms with E-state index >= 15 is 0 Å². The number of hydrogen-bond acceptors (Lipinski definition) is 3. The van der Waals surface area contributed by atoms with Gasteiger partial charge in [-0.3, -0.25) is 4.90 Å². The average Bonchev–Trinajstić information content (AvgIpc) is 2.87. The van der Waals surface area contributed by atoms with Crippen molar-refractivity contribution < 1.29 is 0 Å². The Morgan fingerprint density at radius 2 is 1.95 bits per heavy atom. The molecule has 1 aliphatic heterocycles. The van der Waals surface area contributed by atoms with Crippen LogP contribution in [0.15, 0.2) is 47.5 Å². The maximum absolute atomic E-state index is 5.50. The fourth-order valence-electron chi connectivity index (χ4n) is 2.46. The largest absolute Gasteiger partial charge is 0.354 e. The second-order valence-corrected chi connectivity index (χ2v) is 6.88. The predicted molar refractivity (Wildman–Crippen MR) is 93.6 cm³/mol. The predicted octanol–water partition coefficient (Wildman–Crippen LogP) is 4.19. The number of allylic oxidation sites excluding steroid dienone is 1. The summed E-state index contributed by atoms with van der Waals surface area (Å²) in [6.45, 7) is 6.28. The Bertz CT molecular complexity index is 701. The van der Waals surface area contributed by atoms with Crippen LogP contribution in [0.3, 0.4) is 0 Å². The third-order valence-electron chi connectivity index (χ3n) is 3.31. The summed E-state index contributed by atoms with van der Waals surface area (Å²) in [7, 11) is 0. The van der Waals surface area contributed by atoms with E-state index in [2.05, 4.69) is 49.7 Å². The minimum Gasteiger partial charge on any atom is -0.354 e. The van der Waals surface area contributed by atoms with Crippen molar-refractivity contribution in [2.24, 2.45) is 0 Å². The number of rotatable bonds is 2. The number of hydrogen-bond donors (Lipinski definition) is 1. The lowest BCUT2D eigenvalue weighted by atomic mass is 10.0. The van der Waals surface area contributed by atoms with Crippen LogP contribution >= 0.6 is 23.6 Å². The molecule has 5 heteroatoms. The normalized spacial score (nSPS) is 17.4. The molecule has 0 aliphatic carbocycles. The van der Waals surface area contributed by atoms with Gasteiger partial charge in [0.1, 0.15) is 0 Å². The fraction of sp³-hybridized carbons (Fsp3) is 0.250. The molecule has 1 N–H and O–H groups in total. The molecule has 0 fully saturated rings. The van der Waals surface area contributed by atoms with Crippen molar-refractivity contribution in [1.29, 1.82) is 0 Å². The summed E-state index contributed by atoms with van der Waals surface area (Å²) in [4.78, 5) is 6.73. The van der Waals surface area contributed by atoms with Gasteiger partial charge < -0.3 is 5.32 Å². The maximum atomic E-state index is 5.50. The standard InChI is InChI=1S/C16H17N3S2/c1-11-9-16(2,3)18-14(20)19(11)15-17-13(10-21-15)12-7-5-4-6-8-12/h4-10H,1-3H3,(H,18,20). The van der Waals surface area contributed by atoms with Crippen molar-refractivity contribution in [1.82, 2.24) is 10.3 Å².